The van der Waals surface area contributed by atoms with Gasteiger partial charge < -0.3 is 4.42 Å². The number of fused-ring (bicyclic) bond motifs is 6. The number of hydrogen-bond donors (Lipinski definition) is 0. The van der Waals surface area contributed by atoms with Gasteiger partial charge in [0.2, 0.25) is 0 Å². The smallest absolute Gasteiger partial charge is 0.160 e. The van der Waals surface area contributed by atoms with Crippen LogP contribution in [0.25, 0.3) is 81.2 Å². The van der Waals surface area contributed by atoms with E-state index in [4.69, 9.17) is 14.4 Å². The molecule has 11 rings (SSSR count). The molecule has 2 aromatic heterocycles. The molecule has 8 aromatic carbocycles. The molecule has 0 fully saturated rings. The molecule has 1 aliphatic heterocycles. The summed E-state index contributed by atoms with van der Waals surface area (Å²) in [5.74, 6) is 0.723. The highest BCUT2D eigenvalue weighted by Gasteiger charge is 2.19. The van der Waals surface area contributed by atoms with E-state index in [1.807, 2.05) is 17.4 Å². The Morgan fingerprint density at radius 3 is 1.88 bits per heavy atom. The van der Waals surface area contributed by atoms with Crippen molar-refractivity contribution in [2.24, 2.45) is 9.98 Å². The topological polar surface area (TPSA) is 37.9 Å². The Morgan fingerprint density at radius 2 is 1.09 bits per heavy atom. The summed E-state index contributed by atoms with van der Waals surface area (Å²) in [7, 11) is 0. The van der Waals surface area contributed by atoms with Crippen LogP contribution in [0.2, 0.25) is 0 Å². The van der Waals surface area contributed by atoms with Crippen molar-refractivity contribution in [2.45, 2.75) is 12.8 Å². The summed E-state index contributed by atoms with van der Waals surface area (Å²) in [5, 5.41) is 4.75. The summed E-state index contributed by atoms with van der Waals surface area (Å²) in [6.07, 6.45) is 3.96. The summed E-state index contributed by atoms with van der Waals surface area (Å²) in [6.45, 7) is 0. The third kappa shape index (κ3) is 6.15. The number of rotatable bonds is 6. The van der Waals surface area contributed by atoms with Crippen molar-refractivity contribution in [3.05, 3.63) is 211 Å². The minimum absolute atomic E-state index is 0.723. The van der Waals surface area contributed by atoms with Gasteiger partial charge in [-0.25, -0.2) is 9.98 Å². The highest BCUT2D eigenvalue weighted by molar-refractivity contribution is 7.26. The van der Waals surface area contributed by atoms with E-state index in [0.717, 1.165) is 79.8 Å². The van der Waals surface area contributed by atoms with Crippen LogP contribution < -0.4 is 0 Å². The standard InChI is InChI=1S/C54H36N2OS/c1-4-14-35(15-5-1)36-26-28-39(29-27-36)54-55-48(38-18-8-3-9-19-38)23-13-24-49(56-54)45-22-12-21-44-43-31-30-40(34-51(43)58-53(44)45)41-32-46(37-16-6-2-7-17-37)52-47(33-41)42-20-10-11-25-50(42)57-52/h1-12,14-22,24-34H,13,23H2. The molecule has 0 saturated carbocycles. The molecule has 0 saturated heterocycles. The number of benzene rings is 8. The van der Waals surface area contributed by atoms with Gasteiger partial charge in [0.05, 0.1) is 11.4 Å². The average Bonchev–Trinajstić information content (AvgIpc) is 3.85. The van der Waals surface area contributed by atoms with Crippen LogP contribution in [0.5, 0.6) is 0 Å². The molecule has 3 nitrogen and oxygen atoms in total. The summed E-state index contributed by atoms with van der Waals surface area (Å²) in [5.41, 5.74) is 14.0. The molecule has 0 bridgehead atoms. The predicted molar refractivity (Wildman–Crippen MR) is 246 cm³/mol. The van der Waals surface area contributed by atoms with Crippen LogP contribution in [0.4, 0.5) is 0 Å². The third-order valence-corrected chi connectivity index (χ3v) is 12.4. The number of furan rings is 1. The van der Waals surface area contributed by atoms with Gasteiger partial charge in [-0.2, -0.15) is 0 Å². The van der Waals surface area contributed by atoms with Crippen molar-refractivity contribution in [2.75, 3.05) is 0 Å². The molecular formula is C54H36N2OS. The Hall–Kier alpha value is -7.14. The molecule has 3 heterocycles. The average molecular weight is 761 g/mol. The lowest BCUT2D eigenvalue weighted by atomic mass is 9.95. The van der Waals surface area contributed by atoms with Gasteiger partial charge in [0, 0.05) is 47.6 Å². The first-order chi connectivity index (χ1) is 28.7. The quantitative estimate of drug-likeness (QED) is 0.166. The molecule has 0 spiro atoms. The van der Waals surface area contributed by atoms with E-state index in [-0.39, 0.29) is 0 Å². The second kappa shape index (κ2) is 14.4. The van der Waals surface area contributed by atoms with Crippen molar-refractivity contribution < 1.29 is 4.42 Å². The molecule has 0 unspecified atom stereocenters. The van der Waals surface area contributed by atoms with E-state index < -0.39 is 0 Å². The van der Waals surface area contributed by atoms with Crippen LogP contribution in [0.1, 0.15) is 29.5 Å². The number of aliphatic imine (C=N–C) groups is 2. The number of para-hydroxylation sites is 1. The van der Waals surface area contributed by atoms with Gasteiger partial charge in [0.25, 0.3) is 0 Å². The van der Waals surface area contributed by atoms with Crippen LogP contribution in [0.3, 0.4) is 0 Å². The van der Waals surface area contributed by atoms with Gasteiger partial charge in [-0.3, -0.25) is 0 Å². The van der Waals surface area contributed by atoms with E-state index in [1.165, 1.54) is 42.4 Å². The highest BCUT2D eigenvalue weighted by atomic mass is 32.1. The Kier molecular flexibility index (Phi) is 8.49. The Balaban J connectivity index is 1.03. The van der Waals surface area contributed by atoms with Crippen LogP contribution >= 0.6 is 11.3 Å². The van der Waals surface area contributed by atoms with Gasteiger partial charge >= 0.3 is 0 Å². The Bertz CT molecular complexity index is 3240. The molecule has 274 valence electrons. The molecular weight excluding hydrogens is 725 g/mol. The van der Waals surface area contributed by atoms with Gasteiger partial charge in [-0.15, -0.1) is 11.3 Å². The van der Waals surface area contributed by atoms with Gasteiger partial charge in [0.1, 0.15) is 11.2 Å². The molecule has 0 aliphatic carbocycles. The zero-order chi connectivity index (χ0) is 38.4. The lowest BCUT2D eigenvalue weighted by molar-refractivity contribution is 0.670. The Labute approximate surface area is 340 Å². The fourth-order valence-electron chi connectivity index (χ4n) is 8.30. The van der Waals surface area contributed by atoms with Gasteiger partial charge in [-0.1, -0.05) is 170 Å². The lowest BCUT2D eigenvalue weighted by Gasteiger charge is -2.14. The zero-order valence-corrected chi connectivity index (χ0v) is 32.4. The van der Waals surface area contributed by atoms with Crippen molar-refractivity contribution in [1.29, 1.82) is 0 Å². The van der Waals surface area contributed by atoms with Gasteiger partial charge in [0.15, 0.2) is 5.84 Å². The molecule has 0 radical (unpaired) electrons. The second-order valence-electron chi connectivity index (χ2n) is 14.8. The van der Waals surface area contributed by atoms with Crippen molar-refractivity contribution in [1.82, 2.24) is 0 Å². The zero-order valence-electron chi connectivity index (χ0n) is 31.6. The van der Waals surface area contributed by atoms with E-state index in [0.29, 0.717) is 0 Å². The summed E-state index contributed by atoms with van der Waals surface area (Å²) in [6, 6.07) is 66.7. The SMILES string of the molecule is C1=C(c2cccc3c2sc2cc(-c4cc(-c5ccccc5)c5oc6ccccc6c5c4)ccc23)N=C(c2ccc(-c3ccccc3)cc2)N=C(c2ccccc2)CC1. The number of allylic oxidation sites excluding steroid dienone is 1. The van der Waals surface area contributed by atoms with Crippen LogP contribution in [0.15, 0.2) is 209 Å². The minimum Gasteiger partial charge on any atom is -0.455 e. The van der Waals surface area contributed by atoms with Gasteiger partial charge in [-0.05, 0) is 70.5 Å². The van der Waals surface area contributed by atoms with Crippen LogP contribution in [-0.2, 0) is 0 Å². The second-order valence-corrected chi connectivity index (χ2v) is 15.8. The molecule has 0 atom stereocenters. The third-order valence-electron chi connectivity index (χ3n) is 11.2. The normalized spacial score (nSPS) is 13.3. The number of thiophene rings is 1. The summed E-state index contributed by atoms with van der Waals surface area (Å²) >= 11 is 1.84. The predicted octanol–water partition coefficient (Wildman–Crippen LogP) is 15.0. The largest absolute Gasteiger partial charge is 0.455 e. The van der Waals surface area contributed by atoms with Crippen molar-refractivity contribution in [3.8, 4) is 33.4 Å². The van der Waals surface area contributed by atoms with Crippen LogP contribution in [0, 0.1) is 0 Å². The molecule has 10 aromatic rings. The highest BCUT2D eigenvalue weighted by Crippen LogP contribution is 2.43. The lowest BCUT2D eigenvalue weighted by Crippen LogP contribution is -2.09. The fraction of sp³-hybridized carbons (Fsp3) is 0.0370. The maximum absolute atomic E-state index is 6.49. The molecule has 4 heteroatoms. The molecule has 0 N–H and O–H groups in total. The molecule has 1 aliphatic rings. The first-order valence-corrected chi connectivity index (χ1v) is 20.6. The van der Waals surface area contributed by atoms with E-state index >= 15 is 0 Å². The van der Waals surface area contributed by atoms with E-state index in [9.17, 15) is 0 Å². The van der Waals surface area contributed by atoms with Crippen molar-refractivity contribution in [3.63, 3.8) is 0 Å². The first kappa shape index (κ1) is 34.1. The summed E-state index contributed by atoms with van der Waals surface area (Å²) in [4.78, 5) is 10.7. The minimum atomic E-state index is 0.723. The van der Waals surface area contributed by atoms with E-state index in [1.54, 1.807) is 0 Å². The fourth-order valence-corrected chi connectivity index (χ4v) is 9.56. The monoisotopic (exact) mass is 760 g/mol. The number of nitrogens with zero attached hydrogens (tertiary/aromatic N) is 2. The maximum Gasteiger partial charge on any atom is 0.160 e. The Morgan fingerprint density at radius 1 is 0.431 bits per heavy atom. The molecule has 0 amide bonds. The van der Waals surface area contributed by atoms with Crippen LogP contribution in [-0.4, -0.2) is 11.5 Å². The first-order valence-electron chi connectivity index (χ1n) is 19.8. The number of hydrogen-bond acceptors (Lipinski definition) is 4. The maximum atomic E-state index is 6.49. The summed E-state index contributed by atoms with van der Waals surface area (Å²) < 4.78 is 8.97. The number of amidine groups is 1. The van der Waals surface area contributed by atoms with Crippen molar-refractivity contribution >= 4 is 70.7 Å². The van der Waals surface area contributed by atoms with E-state index in [2.05, 4.69) is 188 Å². The molecule has 58 heavy (non-hydrogen) atoms.